The van der Waals surface area contributed by atoms with Crippen molar-refractivity contribution in [2.24, 2.45) is 5.92 Å². The van der Waals surface area contributed by atoms with Crippen molar-refractivity contribution in [1.29, 1.82) is 0 Å². The van der Waals surface area contributed by atoms with Crippen LogP contribution in [-0.2, 0) is 6.54 Å². The Bertz CT molecular complexity index is 1480. The zero-order chi connectivity index (χ0) is 23.2. The van der Waals surface area contributed by atoms with Crippen molar-refractivity contribution in [3.8, 4) is 11.5 Å². The Balaban J connectivity index is 0.00000253. The summed E-state index contributed by atoms with van der Waals surface area (Å²) < 4.78 is 14.4. The van der Waals surface area contributed by atoms with Gasteiger partial charge in [-0.2, -0.15) is 0 Å². The van der Waals surface area contributed by atoms with E-state index >= 15 is 0 Å². The molecule has 0 saturated carbocycles. The largest absolute Gasteiger partial charge is 0.496 e. The van der Waals surface area contributed by atoms with Crippen LogP contribution in [-0.4, -0.2) is 52.8 Å². The van der Waals surface area contributed by atoms with Crippen LogP contribution in [0.1, 0.15) is 24.3 Å². The van der Waals surface area contributed by atoms with Gasteiger partial charge in [0.1, 0.15) is 21.7 Å². The van der Waals surface area contributed by atoms with E-state index in [1.807, 2.05) is 30.3 Å². The number of pyridine rings is 1. The summed E-state index contributed by atoms with van der Waals surface area (Å²) in [6.07, 6.45) is 3.35. The number of hydrogen-bond acceptors (Lipinski definition) is 7. The van der Waals surface area contributed by atoms with Gasteiger partial charge in [0.25, 0.3) is 5.56 Å². The summed E-state index contributed by atoms with van der Waals surface area (Å²) in [5, 5.41) is 0. The van der Waals surface area contributed by atoms with E-state index in [2.05, 4.69) is 14.9 Å². The SMILES string of the molecule is COc1cccc2c1[C@@H]1CN(CCCCn3c(=O)[nH]c4c(sc5cccnc54)c3=O)C[C@@H]1CO2.Cl. The van der Waals surface area contributed by atoms with Crippen molar-refractivity contribution >= 4 is 44.2 Å². The number of aromatic amines is 1. The van der Waals surface area contributed by atoms with Crippen LogP contribution >= 0.6 is 23.7 Å². The first-order valence-corrected chi connectivity index (χ1v) is 12.5. The van der Waals surface area contributed by atoms with Crippen LogP contribution in [0.2, 0.25) is 0 Å². The molecule has 184 valence electrons. The van der Waals surface area contributed by atoms with Gasteiger partial charge in [-0.25, -0.2) is 4.79 Å². The van der Waals surface area contributed by atoms with Gasteiger partial charge in [0.15, 0.2) is 0 Å². The maximum atomic E-state index is 13.0. The highest BCUT2D eigenvalue weighted by Crippen LogP contribution is 2.46. The molecule has 2 aliphatic rings. The van der Waals surface area contributed by atoms with Gasteiger partial charge in [0.05, 0.1) is 23.9 Å². The molecule has 35 heavy (non-hydrogen) atoms. The molecule has 4 aromatic rings. The lowest BCUT2D eigenvalue weighted by atomic mass is 9.86. The van der Waals surface area contributed by atoms with Crippen LogP contribution in [0.3, 0.4) is 0 Å². The highest BCUT2D eigenvalue weighted by Gasteiger charge is 2.40. The summed E-state index contributed by atoms with van der Waals surface area (Å²) in [4.78, 5) is 35.3. The fourth-order valence-electron chi connectivity index (χ4n) is 5.42. The van der Waals surface area contributed by atoms with Crippen LogP contribution in [0, 0.1) is 5.92 Å². The molecule has 0 aliphatic carbocycles. The van der Waals surface area contributed by atoms with Gasteiger partial charge in [-0.1, -0.05) is 6.07 Å². The van der Waals surface area contributed by atoms with Gasteiger partial charge in [0, 0.05) is 43.2 Å². The molecule has 10 heteroatoms. The molecule has 1 aromatic carbocycles. The Morgan fingerprint density at radius 2 is 2.03 bits per heavy atom. The molecule has 3 aromatic heterocycles. The number of benzene rings is 1. The van der Waals surface area contributed by atoms with E-state index in [9.17, 15) is 9.59 Å². The highest BCUT2D eigenvalue weighted by molar-refractivity contribution is 7.25. The van der Waals surface area contributed by atoms with Crippen LogP contribution in [0.15, 0.2) is 46.1 Å². The predicted octanol–water partition coefficient (Wildman–Crippen LogP) is 3.62. The number of methoxy groups -OCH3 is 1. The van der Waals surface area contributed by atoms with E-state index in [1.165, 1.54) is 21.5 Å². The second kappa shape index (κ2) is 9.64. The van der Waals surface area contributed by atoms with Crippen LogP contribution in [0.4, 0.5) is 0 Å². The summed E-state index contributed by atoms with van der Waals surface area (Å²) >= 11 is 1.38. The first-order chi connectivity index (χ1) is 16.6. The van der Waals surface area contributed by atoms with Crippen molar-refractivity contribution in [2.45, 2.75) is 25.3 Å². The van der Waals surface area contributed by atoms with Crippen LogP contribution in [0.5, 0.6) is 11.5 Å². The third-order valence-electron chi connectivity index (χ3n) is 7.06. The second-order valence-electron chi connectivity index (χ2n) is 9.06. The van der Waals surface area contributed by atoms with Crippen molar-refractivity contribution in [2.75, 3.05) is 33.4 Å². The summed E-state index contributed by atoms with van der Waals surface area (Å²) in [5.41, 5.74) is 1.82. The van der Waals surface area contributed by atoms with E-state index in [-0.39, 0.29) is 23.7 Å². The number of thiophene rings is 1. The highest BCUT2D eigenvalue weighted by atomic mass is 35.5. The van der Waals surface area contributed by atoms with Crippen molar-refractivity contribution in [1.82, 2.24) is 19.4 Å². The van der Waals surface area contributed by atoms with Gasteiger partial charge in [-0.3, -0.25) is 14.3 Å². The Labute approximate surface area is 211 Å². The smallest absolute Gasteiger partial charge is 0.328 e. The molecular weight excluding hydrogens is 488 g/mol. The van der Waals surface area contributed by atoms with E-state index in [0.29, 0.717) is 34.1 Å². The number of H-pyrrole nitrogens is 1. The topological polar surface area (TPSA) is 89.5 Å². The Morgan fingerprint density at radius 1 is 1.17 bits per heavy atom. The zero-order valence-electron chi connectivity index (χ0n) is 19.4. The number of fused-ring (bicyclic) bond motifs is 6. The molecule has 1 N–H and O–H groups in total. The van der Waals surface area contributed by atoms with Crippen molar-refractivity contribution in [3.63, 3.8) is 0 Å². The molecule has 2 aliphatic heterocycles. The summed E-state index contributed by atoms with van der Waals surface area (Å²) in [7, 11) is 1.71. The summed E-state index contributed by atoms with van der Waals surface area (Å²) in [5.74, 6) is 2.71. The maximum Gasteiger partial charge on any atom is 0.328 e. The first-order valence-electron chi connectivity index (χ1n) is 11.7. The molecule has 0 bridgehead atoms. The lowest BCUT2D eigenvalue weighted by Crippen LogP contribution is -2.34. The fraction of sp³-hybridized carbons (Fsp3) is 0.400. The quantitative estimate of drug-likeness (QED) is 0.395. The van der Waals surface area contributed by atoms with Gasteiger partial charge >= 0.3 is 5.69 Å². The Morgan fingerprint density at radius 3 is 2.89 bits per heavy atom. The van der Waals surface area contributed by atoms with Crippen molar-refractivity contribution in [3.05, 3.63) is 62.9 Å². The Kier molecular flexibility index (Phi) is 6.57. The minimum absolute atomic E-state index is 0. The molecule has 0 radical (unpaired) electrons. The first kappa shape index (κ1) is 23.8. The number of rotatable bonds is 6. The van der Waals surface area contributed by atoms with E-state index in [1.54, 1.807) is 13.3 Å². The standard InChI is InChI=1S/C25H26N4O4S.ClH/c1-32-17-6-4-7-18-20(17)16-13-28(12-15(16)14-33-18)10-2-3-11-29-24(30)23-22(27-25(29)31)21-19(34-23)8-5-9-26-21;/h4-9,15-16H,2-3,10-14H2,1H3,(H,27,31);1H/t15-,16-;/m1./s1. The van der Waals surface area contributed by atoms with E-state index in [4.69, 9.17) is 9.47 Å². The third kappa shape index (κ3) is 4.11. The monoisotopic (exact) mass is 514 g/mol. The van der Waals surface area contributed by atoms with Gasteiger partial charge < -0.3 is 19.4 Å². The van der Waals surface area contributed by atoms with Gasteiger partial charge in [-0.15, -0.1) is 23.7 Å². The molecular formula is C25H27ClN4O4S. The third-order valence-corrected chi connectivity index (χ3v) is 8.19. The number of halogens is 1. The number of unbranched alkanes of at least 4 members (excludes halogenated alkanes) is 1. The number of ether oxygens (including phenoxy) is 2. The molecule has 1 fully saturated rings. The van der Waals surface area contributed by atoms with Crippen LogP contribution < -0.4 is 20.7 Å². The van der Waals surface area contributed by atoms with Gasteiger partial charge in [0.2, 0.25) is 0 Å². The van der Waals surface area contributed by atoms with Crippen LogP contribution in [0.25, 0.3) is 20.4 Å². The molecule has 0 spiro atoms. The molecule has 5 heterocycles. The minimum Gasteiger partial charge on any atom is -0.496 e. The number of likely N-dealkylation sites (tertiary alicyclic amines) is 1. The van der Waals surface area contributed by atoms with Crippen molar-refractivity contribution < 1.29 is 9.47 Å². The van der Waals surface area contributed by atoms with E-state index in [0.717, 1.165) is 55.3 Å². The lowest BCUT2D eigenvalue weighted by Gasteiger charge is -2.29. The normalized spacial score (nSPS) is 19.2. The predicted molar refractivity (Wildman–Crippen MR) is 140 cm³/mol. The number of nitrogens with zero attached hydrogens (tertiary/aromatic N) is 3. The second-order valence-corrected chi connectivity index (χ2v) is 10.1. The fourth-order valence-corrected chi connectivity index (χ4v) is 6.49. The average Bonchev–Trinajstić information content (AvgIpc) is 3.44. The molecule has 6 rings (SSSR count). The number of nitrogens with one attached hydrogen (secondary N) is 1. The molecule has 1 saturated heterocycles. The lowest BCUT2D eigenvalue weighted by molar-refractivity contribution is 0.209. The minimum atomic E-state index is -0.365. The van der Waals surface area contributed by atoms with E-state index < -0.39 is 0 Å². The molecule has 2 atom stereocenters. The number of aromatic nitrogens is 3. The van der Waals surface area contributed by atoms with Gasteiger partial charge in [-0.05, 0) is 43.7 Å². The molecule has 0 amide bonds. The molecule has 0 unspecified atom stereocenters. The Hall–Kier alpha value is -2.88. The molecule has 8 nitrogen and oxygen atoms in total. The number of hydrogen-bond donors (Lipinski definition) is 1. The summed E-state index contributed by atoms with van der Waals surface area (Å²) in [6.45, 7) is 4.04. The average molecular weight is 515 g/mol. The maximum absolute atomic E-state index is 13.0. The zero-order valence-corrected chi connectivity index (χ0v) is 21.0. The summed E-state index contributed by atoms with van der Waals surface area (Å²) in [6, 6.07) is 9.76.